The van der Waals surface area contributed by atoms with Crippen LogP contribution in [0, 0.1) is 0 Å². The van der Waals surface area contributed by atoms with Crippen molar-refractivity contribution in [1.29, 1.82) is 0 Å². The molecule has 0 atom stereocenters. The molecule has 0 aliphatic carbocycles. The van der Waals surface area contributed by atoms with Crippen LogP contribution in [-0.4, -0.2) is 17.1 Å². The first-order chi connectivity index (χ1) is 11.5. The van der Waals surface area contributed by atoms with Gasteiger partial charge in [0.2, 0.25) is 0 Å². The number of urea groups is 1. The zero-order valence-electron chi connectivity index (χ0n) is 15.5. The maximum Gasteiger partial charge on any atom is 0.309 e. The lowest BCUT2D eigenvalue weighted by atomic mass is 10.1. The second kappa shape index (κ2) is 21.5. The van der Waals surface area contributed by atoms with Crippen molar-refractivity contribution in [3.05, 3.63) is 12.2 Å². The van der Waals surface area contributed by atoms with E-state index < -0.39 is 12.0 Å². The van der Waals surface area contributed by atoms with Crippen molar-refractivity contribution in [3.63, 3.8) is 0 Å². The molecule has 5 nitrogen and oxygen atoms in total. The summed E-state index contributed by atoms with van der Waals surface area (Å²) in [6, 6.07) is -0.833. The van der Waals surface area contributed by atoms with Gasteiger partial charge in [0.15, 0.2) is 0 Å². The van der Waals surface area contributed by atoms with Gasteiger partial charge in [-0.3, -0.25) is 4.79 Å². The smallest absolute Gasteiger partial charge is 0.309 e. The van der Waals surface area contributed by atoms with Gasteiger partial charge < -0.3 is 16.6 Å². The number of carbonyl (C=O) groups is 2. The van der Waals surface area contributed by atoms with Gasteiger partial charge in [0.1, 0.15) is 0 Å². The Morgan fingerprint density at radius 3 is 1.54 bits per heavy atom. The highest BCUT2D eigenvalue weighted by molar-refractivity contribution is 5.69. The Hall–Kier alpha value is -1.52. The summed E-state index contributed by atoms with van der Waals surface area (Å²) in [6.45, 7) is 2.26. The number of nitrogens with two attached hydrogens (primary N) is 2. The lowest BCUT2D eigenvalue weighted by Crippen LogP contribution is -2.18. The lowest BCUT2D eigenvalue weighted by molar-refractivity contribution is -0.137. The van der Waals surface area contributed by atoms with E-state index >= 15 is 0 Å². The van der Waals surface area contributed by atoms with Crippen molar-refractivity contribution in [2.75, 3.05) is 0 Å². The zero-order chi connectivity index (χ0) is 18.5. The van der Waals surface area contributed by atoms with Crippen LogP contribution in [0.4, 0.5) is 4.79 Å². The van der Waals surface area contributed by atoms with Crippen LogP contribution in [0.1, 0.15) is 96.8 Å². The monoisotopic (exact) mass is 342 g/mol. The third-order valence-electron chi connectivity index (χ3n) is 3.65. The number of unbranched alkanes of at least 4 members (excludes halogenated alkanes) is 11. The van der Waals surface area contributed by atoms with E-state index in [1.54, 1.807) is 0 Å². The lowest BCUT2D eigenvalue weighted by Gasteiger charge is -1.99. The van der Waals surface area contributed by atoms with Crippen LogP contribution in [0.25, 0.3) is 0 Å². The molecule has 0 saturated carbocycles. The molecule has 0 aromatic carbocycles. The number of aliphatic carboxylic acids is 1. The van der Waals surface area contributed by atoms with Gasteiger partial charge in [0.25, 0.3) is 0 Å². The van der Waals surface area contributed by atoms with Crippen LogP contribution in [0.3, 0.4) is 0 Å². The van der Waals surface area contributed by atoms with Crippen molar-refractivity contribution in [1.82, 2.24) is 0 Å². The number of carboxylic acid groups (broad SMARTS) is 1. The van der Waals surface area contributed by atoms with Crippen LogP contribution in [0.2, 0.25) is 0 Å². The Morgan fingerprint density at radius 2 is 1.12 bits per heavy atom. The standard InChI is InChI=1S/C18H34O2.CH4N2O/c1-2-3-4-5-6-7-8-9-10-11-12-13-14-15-16-17-18(19)20;2-1(3)4/h9-10H,2-8,11-17H2,1H3,(H,19,20);(H4,2,3,4)/b10-9+;. The maximum absolute atomic E-state index is 10.3. The highest BCUT2D eigenvalue weighted by atomic mass is 16.4. The minimum atomic E-state index is -0.833. The third-order valence-corrected chi connectivity index (χ3v) is 3.65. The normalized spacial score (nSPS) is 10.4. The second-order valence-electron chi connectivity index (χ2n) is 6.13. The number of carboxylic acids is 1. The molecule has 2 amide bonds. The van der Waals surface area contributed by atoms with Gasteiger partial charge in [0, 0.05) is 6.42 Å². The summed E-state index contributed by atoms with van der Waals surface area (Å²) in [5.41, 5.74) is 8.50. The number of allylic oxidation sites excluding steroid dienone is 2. The Kier molecular flexibility index (Phi) is 22.1. The molecule has 5 N–H and O–H groups in total. The zero-order valence-corrected chi connectivity index (χ0v) is 15.5. The average Bonchev–Trinajstić information content (AvgIpc) is 2.50. The third kappa shape index (κ3) is 32.4. The summed E-state index contributed by atoms with van der Waals surface area (Å²) in [5.74, 6) is -0.664. The van der Waals surface area contributed by atoms with Gasteiger partial charge in [-0.25, -0.2) is 4.79 Å². The number of primary amides is 2. The van der Waals surface area contributed by atoms with Crippen molar-refractivity contribution < 1.29 is 14.7 Å². The Labute approximate surface area is 147 Å². The number of amides is 2. The van der Waals surface area contributed by atoms with Gasteiger partial charge in [-0.1, -0.05) is 70.4 Å². The van der Waals surface area contributed by atoms with Gasteiger partial charge >= 0.3 is 12.0 Å². The SMILES string of the molecule is CCCCCCCC/C=C/CCCCCCCC(=O)O.NC(N)=O. The first-order valence-electron chi connectivity index (χ1n) is 9.42. The van der Waals surface area contributed by atoms with E-state index in [9.17, 15) is 4.79 Å². The Bertz CT molecular complexity index is 314. The number of hydrogen-bond donors (Lipinski definition) is 3. The quantitative estimate of drug-likeness (QED) is 0.283. The van der Waals surface area contributed by atoms with Crippen molar-refractivity contribution in [2.24, 2.45) is 11.5 Å². The Morgan fingerprint density at radius 1 is 0.750 bits per heavy atom. The molecule has 0 fully saturated rings. The molecule has 24 heavy (non-hydrogen) atoms. The first kappa shape index (κ1) is 24.7. The highest BCUT2D eigenvalue weighted by Gasteiger charge is 1.95. The molecule has 0 aliphatic rings. The molecule has 0 heterocycles. The van der Waals surface area contributed by atoms with Crippen molar-refractivity contribution >= 4 is 12.0 Å². The van der Waals surface area contributed by atoms with Gasteiger partial charge in [0.05, 0.1) is 0 Å². The van der Waals surface area contributed by atoms with E-state index in [4.69, 9.17) is 9.90 Å². The van der Waals surface area contributed by atoms with E-state index in [0.717, 1.165) is 12.8 Å². The summed E-state index contributed by atoms with van der Waals surface area (Å²) >= 11 is 0. The molecule has 0 aromatic heterocycles. The van der Waals surface area contributed by atoms with Crippen LogP contribution >= 0.6 is 0 Å². The number of rotatable bonds is 15. The molecule has 0 aliphatic heterocycles. The van der Waals surface area contributed by atoms with Gasteiger partial charge in [-0.2, -0.15) is 0 Å². The fourth-order valence-electron chi connectivity index (χ4n) is 2.35. The summed E-state index contributed by atoms with van der Waals surface area (Å²) in [7, 11) is 0. The van der Waals surface area contributed by atoms with Crippen LogP contribution < -0.4 is 11.5 Å². The summed E-state index contributed by atoms with van der Waals surface area (Å²) in [4.78, 5) is 19.3. The minimum Gasteiger partial charge on any atom is -0.481 e. The van der Waals surface area contributed by atoms with Crippen LogP contribution in [0.5, 0.6) is 0 Å². The Balaban J connectivity index is 0. The topological polar surface area (TPSA) is 106 Å². The minimum absolute atomic E-state index is 0.332. The molecule has 142 valence electrons. The summed E-state index contributed by atoms with van der Waals surface area (Å²) < 4.78 is 0. The first-order valence-corrected chi connectivity index (χ1v) is 9.42. The fraction of sp³-hybridized carbons (Fsp3) is 0.789. The summed E-state index contributed by atoms with van der Waals surface area (Å²) in [6.07, 6.45) is 21.2. The maximum atomic E-state index is 10.3. The van der Waals surface area contributed by atoms with Gasteiger partial charge in [-0.05, 0) is 32.1 Å². The van der Waals surface area contributed by atoms with Crippen LogP contribution in [0.15, 0.2) is 12.2 Å². The largest absolute Gasteiger partial charge is 0.481 e. The number of carbonyl (C=O) groups excluding carboxylic acids is 1. The predicted octanol–water partition coefficient (Wildman–Crippen LogP) is 5.13. The summed E-state index contributed by atoms with van der Waals surface area (Å²) in [5, 5.41) is 8.51. The van der Waals surface area contributed by atoms with Crippen LogP contribution in [-0.2, 0) is 4.79 Å². The molecule has 0 aromatic rings. The molecular formula is C19H38N2O3. The van der Waals surface area contributed by atoms with E-state index in [1.165, 1.54) is 70.6 Å². The van der Waals surface area contributed by atoms with E-state index in [0.29, 0.717) is 6.42 Å². The molecule has 0 unspecified atom stereocenters. The molecule has 0 bridgehead atoms. The van der Waals surface area contributed by atoms with E-state index in [1.807, 2.05) is 0 Å². The van der Waals surface area contributed by atoms with Crippen molar-refractivity contribution in [3.8, 4) is 0 Å². The molecule has 0 rings (SSSR count). The molecular weight excluding hydrogens is 304 g/mol. The van der Waals surface area contributed by atoms with E-state index in [-0.39, 0.29) is 0 Å². The fourth-order valence-corrected chi connectivity index (χ4v) is 2.35. The molecule has 5 heteroatoms. The highest BCUT2D eigenvalue weighted by Crippen LogP contribution is 2.09. The van der Waals surface area contributed by atoms with Gasteiger partial charge in [-0.15, -0.1) is 0 Å². The molecule has 0 spiro atoms. The number of hydrogen-bond acceptors (Lipinski definition) is 2. The van der Waals surface area contributed by atoms with Crippen molar-refractivity contribution in [2.45, 2.75) is 96.8 Å². The second-order valence-corrected chi connectivity index (χ2v) is 6.13. The molecule has 0 radical (unpaired) electrons. The molecule has 0 saturated heterocycles. The van der Waals surface area contributed by atoms with E-state index in [2.05, 4.69) is 30.5 Å². The average molecular weight is 343 g/mol. The predicted molar refractivity (Wildman–Crippen MR) is 101 cm³/mol.